The number of carboxylic acids is 1. The van der Waals surface area contributed by atoms with Crippen LogP contribution in [-0.4, -0.2) is 87.4 Å². The Hall–Kier alpha value is -2.49. The van der Waals surface area contributed by atoms with Crippen LogP contribution in [0.4, 0.5) is 0 Å². The van der Waals surface area contributed by atoms with Crippen molar-refractivity contribution in [3.05, 3.63) is 36.5 Å². The van der Waals surface area contributed by atoms with Crippen LogP contribution in [-0.2, 0) is 33.3 Å². The maximum atomic E-state index is 13.0. The van der Waals surface area contributed by atoms with Crippen molar-refractivity contribution in [2.45, 2.75) is 450 Å². The fraction of sp³-hybridized carbons (Fsp3) is 0.895. The highest BCUT2D eigenvalue weighted by molar-refractivity contribution is 5.71. The Balaban J connectivity index is 3.92. The lowest BCUT2D eigenvalue weighted by Crippen LogP contribution is -2.40. The zero-order valence-corrected chi connectivity index (χ0v) is 64.4. The highest BCUT2D eigenvalue weighted by Crippen LogP contribution is 2.21. The molecule has 0 rings (SSSR count). The number of allylic oxidation sites excluding steroid dienone is 6. The molecule has 560 valence electrons. The van der Waals surface area contributed by atoms with E-state index < -0.39 is 18.4 Å². The lowest BCUT2D eigenvalue weighted by molar-refractivity contribution is -0.870. The van der Waals surface area contributed by atoms with Crippen LogP contribution in [0.2, 0.25) is 0 Å². The number of aliphatic carboxylic acids is 1. The van der Waals surface area contributed by atoms with Gasteiger partial charge >= 0.3 is 17.9 Å². The highest BCUT2D eigenvalue weighted by atomic mass is 16.7. The Labute approximate surface area is 591 Å². The quantitative estimate of drug-likeness (QED) is 0.0211. The molecule has 0 saturated carbocycles. The second kappa shape index (κ2) is 77.3. The molecule has 0 amide bonds. The van der Waals surface area contributed by atoms with E-state index in [9.17, 15) is 19.5 Å². The van der Waals surface area contributed by atoms with Gasteiger partial charge < -0.3 is 28.5 Å². The minimum atomic E-state index is -1.51. The molecular formula is C86H164NO8+. The predicted octanol–water partition coefficient (Wildman–Crippen LogP) is 27.0. The van der Waals surface area contributed by atoms with Crippen molar-refractivity contribution in [3.63, 3.8) is 0 Å². The van der Waals surface area contributed by atoms with Crippen LogP contribution >= 0.6 is 0 Å². The fourth-order valence-electron chi connectivity index (χ4n) is 13.0. The van der Waals surface area contributed by atoms with Crippen molar-refractivity contribution in [1.29, 1.82) is 0 Å². The molecule has 1 N–H and O–H groups in total. The van der Waals surface area contributed by atoms with Gasteiger partial charge in [0.2, 0.25) is 0 Å². The van der Waals surface area contributed by atoms with Gasteiger partial charge in [0.25, 0.3) is 6.29 Å². The lowest BCUT2D eigenvalue weighted by atomic mass is 10.0. The Morgan fingerprint density at radius 3 is 0.842 bits per heavy atom. The second-order valence-electron chi connectivity index (χ2n) is 30.2. The molecule has 0 bridgehead atoms. The number of hydrogen-bond donors (Lipinski definition) is 1. The number of ether oxygens (including phenoxy) is 4. The third-order valence-electron chi connectivity index (χ3n) is 19.4. The van der Waals surface area contributed by atoms with Gasteiger partial charge in [-0.2, -0.15) is 0 Å². The molecule has 95 heavy (non-hydrogen) atoms. The molecule has 0 radical (unpaired) electrons. The minimum absolute atomic E-state index is 0.174. The fourth-order valence-corrected chi connectivity index (χ4v) is 13.0. The molecule has 0 aromatic carbocycles. The van der Waals surface area contributed by atoms with Crippen LogP contribution in [0.25, 0.3) is 0 Å². The number of esters is 2. The molecule has 0 aliphatic carbocycles. The van der Waals surface area contributed by atoms with Gasteiger partial charge in [-0.1, -0.05) is 410 Å². The molecule has 0 spiro atoms. The first-order valence-electron chi connectivity index (χ1n) is 42.2. The molecule has 0 aliphatic heterocycles. The molecule has 9 heteroatoms. The minimum Gasteiger partial charge on any atom is -0.477 e. The molecule has 2 unspecified atom stereocenters. The van der Waals surface area contributed by atoms with Crippen LogP contribution in [0, 0.1) is 0 Å². The maximum Gasteiger partial charge on any atom is 0.361 e. The van der Waals surface area contributed by atoms with E-state index in [1.165, 1.54) is 360 Å². The number of carbonyl (C=O) groups is 3. The Morgan fingerprint density at radius 2 is 0.568 bits per heavy atom. The number of unbranched alkanes of at least 4 members (excludes halogenated alkanes) is 59. The first kappa shape index (κ1) is 92.5. The number of hydrogen-bond acceptors (Lipinski definition) is 7. The molecule has 0 saturated heterocycles. The summed E-state index contributed by atoms with van der Waals surface area (Å²) < 4.78 is 23.1. The summed E-state index contributed by atoms with van der Waals surface area (Å²) in [5.41, 5.74) is 0. The van der Waals surface area contributed by atoms with Gasteiger partial charge in [-0.3, -0.25) is 9.59 Å². The summed E-state index contributed by atoms with van der Waals surface area (Å²) in [6, 6.07) is 0. The summed E-state index contributed by atoms with van der Waals surface area (Å²) in [7, 11) is 6.00. The number of likely N-dealkylation sites (N-methyl/N-ethyl adjacent to an activating group) is 1. The van der Waals surface area contributed by atoms with Gasteiger partial charge in [0.05, 0.1) is 34.4 Å². The lowest BCUT2D eigenvalue weighted by Gasteiger charge is -2.25. The van der Waals surface area contributed by atoms with E-state index in [-0.39, 0.29) is 38.2 Å². The molecule has 9 nitrogen and oxygen atoms in total. The van der Waals surface area contributed by atoms with Crippen molar-refractivity contribution in [1.82, 2.24) is 0 Å². The van der Waals surface area contributed by atoms with Gasteiger partial charge in [0, 0.05) is 12.8 Å². The summed E-state index contributed by atoms with van der Waals surface area (Å²) in [6.45, 7) is 4.96. The van der Waals surface area contributed by atoms with Crippen molar-refractivity contribution < 1.29 is 42.9 Å². The van der Waals surface area contributed by atoms with Crippen molar-refractivity contribution >= 4 is 17.9 Å². The van der Waals surface area contributed by atoms with E-state index in [1.807, 2.05) is 21.1 Å². The van der Waals surface area contributed by atoms with Crippen LogP contribution in [0.5, 0.6) is 0 Å². The maximum absolute atomic E-state index is 13.0. The Kier molecular flexibility index (Phi) is 75.2. The average molecular weight is 1340 g/mol. The number of carboxylic acid groups (broad SMARTS) is 1. The molecule has 0 aliphatic rings. The van der Waals surface area contributed by atoms with Gasteiger partial charge in [0.1, 0.15) is 13.2 Å². The van der Waals surface area contributed by atoms with E-state index in [1.54, 1.807) is 0 Å². The third kappa shape index (κ3) is 78.7. The monoisotopic (exact) mass is 1340 g/mol. The predicted molar refractivity (Wildman–Crippen MR) is 411 cm³/mol. The topological polar surface area (TPSA) is 108 Å². The normalized spacial score (nSPS) is 12.7. The first-order valence-corrected chi connectivity index (χ1v) is 42.2. The Morgan fingerprint density at radius 1 is 0.316 bits per heavy atom. The van der Waals surface area contributed by atoms with E-state index in [0.29, 0.717) is 17.4 Å². The summed E-state index contributed by atoms with van der Waals surface area (Å²) in [5, 5.41) is 9.78. The van der Waals surface area contributed by atoms with E-state index in [4.69, 9.17) is 18.9 Å². The molecule has 2 atom stereocenters. The zero-order valence-electron chi connectivity index (χ0n) is 64.4. The highest BCUT2D eigenvalue weighted by Gasteiger charge is 2.25. The Bertz CT molecular complexity index is 1650. The smallest absolute Gasteiger partial charge is 0.361 e. The second-order valence-corrected chi connectivity index (χ2v) is 30.2. The average Bonchev–Trinajstić information content (AvgIpc) is 3.54. The van der Waals surface area contributed by atoms with Gasteiger partial charge in [-0.25, -0.2) is 4.79 Å². The van der Waals surface area contributed by atoms with Crippen molar-refractivity contribution in [3.8, 4) is 0 Å². The van der Waals surface area contributed by atoms with Gasteiger partial charge in [0.15, 0.2) is 6.10 Å². The molecule has 0 aromatic rings. The summed E-state index contributed by atoms with van der Waals surface area (Å²) in [6.07, 6.45) is 97.6. The van der Waals surface area contributed by atoms with Crippen LogP contribution in [0.3, 0.4) is 0 Å². The number of rotatable bonds is 80. The van der Waals surface area contributed by atoms with E-state index in [0.717, 1.165) is 51.4 Å². The number of quaternary nitrogens is 1. The van der Waals surface area contributed by atoms with E-state index in [2.05, 4.69) is 50.3 Å². The first-order chi connectivity index (χ1) is 46.6. The van der Waals surface area contributed by atoms with Crippen molar-refractivity contribution in [2.24, 2.45) is 0 Å². The number of nitrogens with zero attached hydrogens (tertiary/aromatic N) is 1. The summed E-state index contributed by atoms with van der Waals surface area (Å²) in [5.74, 6) is -1.97. The van der Waals surface area contributed by atoms with Gasteiger partial charge in [-0.05, 0) is 51.4 Å². The van der Waals surface area contributed by atoms with Gasteiger partial charge in [-0.15, -0.1) is 0 Å². The van der Waals surface area contributed by atoms with E-state index >= 15 is 0 Å². The van der Waals surface area contributed by atoms with Crippen LogP contribution < -0.4 is 0 Å². The largest absolute Gasteiger partial charge is 0.477 e. The molecule has 0 aromatic heterocycles. The molecule has 0 fully saturated rings. The SMILES string of the molecule is CCCCCCC/C=C\C/C=C\C/C=C\CCCCCCCCCCCCCCCCCCCCCCCCCCCCC(=O)OC(COC(=O)CCCCCCCCCCCCCCCCCCCCCCCCCCCCCCC)COC(OCC[N+](C)(C)C)C(=O)O. The standard InChI is InChI=1S/C86H163NO8/c1-6-8-10-12-14-16-18-20-22-24-26-28-30-32-34-36-37-38-39-40-41-42-43-44-45-46-47-49-51-53-55-57-59-61-63-65-67-69-71-73-75-77-84(89)95-82(81-94-86(85(90)91)92-79-78-87(3,4)5)80-93-83(88)76-74-72-70-68-66-64-62-60-58-56-54-52-50-48-35-33-31-29-27-25-23-21-19-17-15-13-11-9-7-2/h18,20,24,26,30,32,82,86H,6-17,19,21-23,25,27-29,31,33-81H2,1-5H3/p+1/b20-18-,26-24-,32-30-. The summed E-state index contributed by atoms with van der Waals surface area (Å²) in [4.78, 5) is 37.8. The van der Waals surface area contributed by atoms with Crippen LogP contribution in [0.15, 0.2) is 36.5 Å². The van der Waals surface area contributed by atoms with Crippen LogP contribution in [0.1, 0.15) is 438 Å². The molecular weight excluding hydrogens is 1170 g/mol. The third-order valence-corrected chi connectivity index (χ3v) is 19.4. The zero-order chi connectivity index (χ0) is 69.0. The number of carbonyl (C=O) groups excluding carboxylic acids is 2. The van der Waals surface area contributed by atoms with Crippen molar-refractivity contribution in [2.75, 3.05) is 47.5 Å². The summed E-state index contributed by atoms with van der Waals surface area (Å²) >= 11 is 0. The molecule has 0 heterocycles.